The number of benzene rings is 3. The molecule has 0 fully saturated rings. The number of carbonyl (C=O) groups is 1. The van der Waals surface area contributed by atoms with Gasteiger partial charge in [-0.3, -0.25) is 9.36 Å². The molecule has 3 aromatic carbocycles. The van der Waals surface area contributed by atoms with Crippen molar-refractivity contribution < 1.29 is 4.79 Å². The number of aryl methyl sites for hydroxylation is 1. The topological polar surface area (TPSA) is 59.8 Å². The number of unbranched alkanes of at least 4 members (excludes halogenated alkanes) is 2. The Morgan fingerprint density at radius 1 is 0.973 bits per heavy atom. The lowest BCUT2D eigenvalue weighted by Gasteiger charge is -2.17. The highest BCUT2D eigenvalue weighted by atomic mass is 35.5. The van der Waals surface area contributed by atoms with Crippen molar-refractivity contribution in [1.29, 1.82) is 0 Å². The average Bonchev–Trinajstić information content (AvgIpc) is 3.34. The van der Waals surface area contributed by atoms with Gasteiger partial charge in [-0.05, 0) is 61.2 Å². The van der Waals surface area contributed by atoms with Crippen LogP contribution in [0.25, 0.3) is 5.69 Å². The lowest BCUT2D eigenvalue weighted by atomic mass is 10.0. The van der Waals surface area contributed by atoms with E-state index in [9.17, 15) is 4.79 Å². The minimum atomic E-state index is -0.426. The van der Waals surface area contributed by atoms with Crippen molar-refractivity contribution in [1.82, 2.24) is 20.1 Å². The summed E-state index contributed by atoms with van der Waals surface area (Å²) in [7, 11) is 0. The van der Waals surface area contributed by atoms with Crippen LogP contribution in [0.15, 0.2) is 78.0 Å². The first-order valence-electron chi connectivity index (χ1n) is 12.4. The maximum Gasteiger partial charge on any atom is 0.251 e. The van der Waals surface area contributed by atoms with Gasteiger partial charge in [-0.1, -0.05) is 97.2 Å². The molecule has 0 spiro atoms. The van der Waals surface area contributed by atoms with Gasteiger partial charge in [0.05, 0.1) is 16.8 Å². The zero-order chi connectivity index (χ0) is 26.2. The summed E-state index contributed by atoms with van der Waals surface area (Å²) in [6, 6.07) is 22.8. The van der Waals surface area contributed by atoms with E-state index in [2.05, 4.69) is 34.6 Å². The third-order valence-electron chi connectivity index (χ3n) is 6.04. The smallest absolute Gasteiger partial charge is 0.251 e. The zero-order valence-corrected chi connectivity index (χ0v) is 23.3. The molecule has 0 aliphatic carbocycles. The average molecular weight is 554 g/mol. The molecule has 0 bridgehead atoms. The SMILES string of the molecule is CCCCCc1ccc(C(=O)NC(C)c2nnc(SCc3ccccc3)n2-c2cc(Cl)ccc2Cl)cc1. The molecular formula is C29H30Cl2N4OS. The van der Waals surface area contributed by atoms with Crippen molar-refractivity contribution in [3.63, 3.8) is 0 Å². The molecule has 4 aromatic rings. The lowest BCUT2D eigenvalue weighted by Crippen LogP contribution is -2.28. The normalized spacial score (nSPS) is 11.9. The third-order valence-corrected chi connectivity index (χ3v) is 7.59. The molecular weight excluding hydrogens is 523 g/mol. The molecule has 5 nitrogen and oxygen atoms in total. The summed E-state index contributed by atoms with van der Waals surface area (Å²) in [5.74, 6) is 1.12. The predicted octanol–water partition coefficient (Wildman–Crippen LogP) is 8.09. The standard InChI is InChI=1S/C29H30Cl2N4OS/c1-3-4-6-9-21-12-14-23(15-13-21)28(36)32-20(2)27-33-34-29(37-19-22-10-7-5-8-11-22)35(27)26-18-24(30)16-17-25(26)31/h5,7-8,10-18,20H,3-4,6,9,19H2,1-2H3,(H,32,36). The highest BCUT2D eigenvalue weighted by Crippen LogP contribution is 2.32. The van der Waals surface area contributed by atoms with Gasteiger partial charge in [0.25, 0.3) is 5.91 Å². The van der Waals surface area contributed by atoms with Crippen LogP contribution in [-0.4, -0.2) is 20.7 Å². The minimum absolute atomic E-state index is 0.169. The fourth-order valence-electron chi connectivity index (χ4n) is 4.01. The highest BCUT2D eigenvalue weighted by molar-refractivity contribution is 7.98. The molecule has 0 radical (unpaired) electrons. The summed E-state index contributed by atoms with van der Waals surface area (Å²) < 4.78 is 1.88. The summed E-state index contributed by atoms with van der Waals surface area (Å²) in [6.45, 7) is 4.09. The first kappa shape index (κ1) is 27.2. The Balaban J connectivity index is 1.56. The van der Waals surface area contributed by atoms with Gasteiger partial charge in [0, 0.05) is 16.3 Å². The van der Waals surface area contributed by atoms with Crippen molar-refractivity contribution in [3.8, 4) is 5.69 Å². The van der Waals surface area contributed by atoms with Gasteiger partial charge in [-0.25, -0.2) is 0 Å². The van der Waals surface area contributed by atoms with Crippen molar-refractivity contribution in [2.45, 2.75) is 56.5 Å². The van der Waals surface area contributed by atoms with Gasteiger partial charge in [-0.15, -0.1) is 10.2 Å². The van der Waals surface area contributed by atoms with Crippen LogP contribution in [0.4, 0.5) is 0 Å². The Hall–Kier alpha value is -2.80. The summed E-state index contributed by atoms with van der Waals surface area (Å²) in [6.07, 6.45) is 4.59. The van der Waals surface area contributed by atoms with Crippen LogP contribution >= 0.6 is 35.0 Å². The number of halogens is 2. The summed E-state index contributed by atoms with van der Waals surface area (Å²) >= 11 is 14.4. The number of rotatable bonds is 11. The molecule has 1 unspecified atom stereocenters. The summed E-state index contributed by atoms with van der Waals surface area (Å²) in [5, 5.41) is 13.7. The van der Waals surface area contributed by atoms with Gasteiger partial charge in [0.2, 0.25) is 0 Å². The van der Waals surface area contributed by atoms with Gasteiger partial charge in [-0.2, -0.15) is 0 Å². The van der Waals surface area contributed by atoms with Crippen LogP contribution < -0.4 is 5.32 Å². The van der Waals surface area contributed by atoms with E-state index < -0.39 is 6.04 Å². The Bertz CT molecular complexity index is 1330. The maximum absolute atomic E-state index is 13.1. The first-order chi connectivity index (χ1) is 18.0. The fourth-order valence-corrected chi connectivity index (χ4v) is 5.28. The number of nitrogens with zero attached hydrogens (tertiary/aromatic N) is 3. The zero-order valence-electron chi connectivity index (χ0n) is 21.0. The Morgan fingerprint density at radius 3 is 2.46 bits per heavy atom. The highest BCUT2D eigenvalue weighted by Gasteiger charge is 2.23. The minimum Gasteiger partial charge on any atom is -0.342 e. The van der Waals surface area contributed by atoms with Crippen LogP contribution in [0.2, 0.25) is 10.0 Å². The summed E-state index contributed by atoms with van der Waals surface area (Å²) in [4.78, 5) is 13.1. The van der Waals surface area contributed by atoms with Gasteiger partial charge >= 0.3 is 0 Å². The van der Waals surface area contributed by atoms with Gasteiger partial charge < -0.3 is 5.32 Å². The lowest BCUT2D eigenvalue weighted by molar-refractivity contribution is 0.0938. The molecule has 1 heterocycles. The second kappa shape index (κ2) is 13.1. The molecule has 8 heteroatoms. The van der Waals surface area contributed by atoms with E-state index in [1.807, 2.05) is 54.0 Å². The molecule has 37 heavy (non-hydrogen) atoms. The van der Waals surface area contributed by atoms with Crippen LogP contribution in [0.5, 0.6) is 0 Å². The number of hydrogen-bond acceptors (Lipinski definition) is 4. The van der Waals surface area contributed by atoms with Gasteiger partial charge in [0.1, 0.15) is 0 Å². The number of hydrogen-bond donors (Lipinski definition) is 1. The quantitative estimate of drug-likeness (QED) is 0.151. The largest absolute Gasteiger partial charge is 0.342 e. The first-order valence-corrected chi connectivity index (χ1v) is 14.2. The van der Waals surface area contributed by atoms with Crippen LogP contribution in [0.3, 0.4) is 0 Å². The van der Waals surface area contributed by atoms with Crippen LogP contribution in [-0.2, 0) is 12.2 Å². The van der Waals surface area contributed by atoms with E-state index in [-0.39, 0.29) is 5.91 Å². The van der Waals surface area contributed by atoms with Crippen LogP contribution in [0.1, 0.15) is 66.5 Å². The van der Waals surface area contributed by atoms with E-state index in [4.69, 9.17) is 23.2 Å². The Kier molecular flexibility index (Phi) is 9.67. The molecule has 1 atom stereocenters. The van der Waals surface area contributed by atoms with Crippen molar-refractivity contribution in [2.24, 2.45) is 0 Å². The van der Waals surface area contributed by atoms with Crippen molar-refractivity contribution in [2.75, 3.05) is 0 Å². The monoisotopic (exact) mass is 552 g/mol. The second-order valence-corrected chi connectivity index (χ2v) is 10.7. The van der Waals surface area contributed by atoms with Gasteiger partial charge in [0.15, 0.2) is 11.0 Å². The maximum atomic E-state index is 13.1. The molecule has 0 saturated carbocycles. The summed E-state index contributed by atoms with van der Waals surface area (Å²) in [5.41, 5.74) is 3.69. The number of amides is 1. The number of thioether (sulfide) groups is 1. The third kappa shape index (κ3) is 7.16. The molecule has 0 aliphatic heterocycles. The molecule has 0 saturated heterocycles. The predicted molar refractivity (Wildman–Crippen MR) is 153 cm³/mol. The number of nitrogens with one attached hydrogen (secondary N) is 1. The molecule has 1 aromatic heterocycles. The molecule has 192 valence electrons. The van der Waals surface area contributed by atoms with Crippen molar-refractivity contribution >= 4 is 40.9 Å². The molecule has 1 amide bonds. The van der Waals surface area contributed by atoms with E-state index in [0.29, 0.717) is 38.0 Å². The van der Waals surface area contributed by atoms with Crippen LogP contribution in [0, 0.1) is 0 Å². The van der Waals surface area contributed by atoms with E-state index in [1.54, 1.807) is 30.0 Å². The molecule has 0 aliphatic rings. The molecule has 1 N–H and O–H groups in total. The fraction of sp³-hybridized carbons (Fsp3) is 0.276. The molecule has 4 rings (SSSR count). The Labute approximate surface area is 232 Å². The number of aromatic nitrogens is 3. The Morgan fingerprint density at radius 2 is 1.73 bits per heavy atom. The number of carbonyl (C=O) groups excluding carboxylic acids is 1. The van der Waals surface area contributed by atoms with E-state index in [1.165, 1.54) is 24.0 Å². The van der Waals surface area contributed by atoms with E-state index >= 15 is 0 Å². The second-order valence-electron chi connectivity index (χ2n) is 8.90. The van der Waals surface area contributed by atoms with E-state index in [0.717, 1.165) is 12.8 Å². The van der Waals surface area contributed by atoms with Crippen molar-refractivity contribution in [3.05, 3.63) is 105 Å².